The Labute approximate surface area is 158 Å². The maximum atomic E-state index is 3.85. The van der Waals surface area contributed by atoms with Gasteiger partial charge in [0, 0.05) is 0 Å². The van der Waals surface area contributed by atoms with E-state index in [9.17, 15) is 0 Å². The summed E-state index contributed by atoms with van der Waals surface area (Å²) in [6, 6.07) is 32.2. The molecule has 0 heterocycles. The Bertz CT molecular complexity index is 756. The van der Waals surface area contributed by atoms with Crippen LogP contribution >= 0.6 is 5.66 Å². The van der Waals surface area contributed by atoms with Crippen LogP contribution in [0, 0.1) is 0 Å². The average Bonchev–Trinajstić information content (AvgIpc) is 2.68. The van der Waals surface area contributed by atoms with Crippen molar-refractivity contribution < 1.29 is 0 Å². The number of rotatable bonds is 8. The quantitative estimate of drug-likeness (QED) is 0.375. The SMILES string of the molecule is [Se]=P(CCc1ccccc1)(CCc1ccccc1)Nc1ccccc1. The number of hydrogen-bond acceptors (Lipinski definition) is 1. The van der Waals surface area contributed by atoms with Gasteiger partial charge in [0.25, 0.3) is 0 Å². The molecule has 0 spiro atoms. The predicted molar refractivity (Wildman–Crippen MR) is 113 cm³/mol. The Morgan fingerprint density at radius 3 is 1.44 bits per heavy atom. The monoisotopic (exact) mass is 413 g/mol. The fourth-order valence-corrected chi connectivity index (χ4v) is 7.00. The van der Waals surface area contributed by atoms with E-state index in [0.29, 0.717) is 0 Å². The number of hydrogen-bond donors (Lipinski definition) is 1. The molecule has 0 aliphatic rings. The molecule has 0 bridgehead atoms. The molecule has 128 valence electrons. The first-order valence-electron chi connectivity index (χ1n) is 8.73. The normalized spacial score (nSPS) is 11.2. The summed E-state index contributed by atoms with van der Waals surface area (Å²) >= 11 is 3.58. The summed E-state index contributed by atoms with van der Waals surface area (Å²) in [4.78, 5) is 0. The zero-order valence-corrected chi connectivity index (χ0v) is 17.0. The molecule has 1 nitrogen and oxygen atoms in total. The Morgan fingerprint density at radius 1 is 0.600 bits per heavy atom. The summed E-state index contributed by atoms with van der Waals surface area (Å²) in [5, 5.41) is 3.85. The van der Waals surface area contributed by atoms with Crippen LogP contribution in [0.15, 0.2) is 91.0 Å². The van der Waals surface area contributed by atoms with Gasteiger partial charge in [-0.2, -0.15) is 0 Å². The second-order valence-electron chi connectivity index (χ2n) is 6.29. The van der Waals surface area contributed by atoms with E-state index in [-0.39, 0.29) is 0 Å². The van der Waals surface area contributed by atoms with Crippen molar-refractivity contribution in [3.63, 3.8) is 0 Å². The molecule has 25 heavy (non-hydrogen) atoms. The number of aryl methyl sites for hydroxylation is 2. The molecule has 3 heteroatoms. The molecule has 3 rings (SSSR count). The third-order valence-electron chi connectivity index (χ3n) is 4.32. The van der Waals surface area contributed by atoms with Crippen LogP contribution in [-0.2, 0) is 12.8 Å². The zero-order chi connectivity index (χ0) is 17.4. The van der Waals surface area contributed by atoms with E-state index in [4.69, 9.17) is 0 Å². The van der Waals surface area contributed by atoms with Crippen LogP contribution in [0.25, 0.3) is 0 Å². The summed E-state index contributed by atoms with van der Waals surface area (Å²) in [5.41, 5.74) is 2.65. The van der Waals surface area contributed by atoms with Gasteiger partial charge in [-0.05, 0) is 0 Å². The molecule has 0 radical (unpaired) electrons. The topological polar surface area (TPSA) is 12.0 Å². The molecule has 1 N–H and O–H groups in total. The Morgan fingerprint density at radius 2 is 1.00 bits per heavy atom. The summed E-state index contributed by atoms with van der Waals surface area (Å²) in [6.07, 6.45) is 4.55. The van der Waals surface area contributed by atoms with E-state index in [2.05, 4.69) is 111 Å². The summed E-state index contributed by atoms with van der Waals surface area (Å²) < 4.78 is 0. The molecule has 0 atom stereocenters. The van der Waals surface area contributed by atoms with Crippen molar-refractivity contribution in [3.05, 3.63) is 102 Å². The van der Waals surface area contributed by atoms with Crippen LogP contribution < -0.4 is 5.09 Å². The third kappa shape index (κ3) is 6.01. The maximum absolute atomic E-state index is 3.85. The molecule has 0 aliphatic heterocycles. The van der Waals surface area contributed by atoms with Gasteiger partial charge in [-0.25, -0.2) is 0 Å². The number of benzene rings is 3. The number of para-hydroxylation sites is 1. The van der Waals surface area contributed by atoms with Crippen molar-refractivity contribution in [2.45, 2.75) is 12.8 Å². The van der Waals surface area contributed by atoms with Crippen LogP contribution in [0.5, 0.6) is 0 Å². The second-order valence-corrected chi connectivity index (χ2v) is 13.6. The van der Waals surface area contributed by atoms with Gasteiger partial charge in [-0.1, -0.05) is 0 Å². The van der Waals surface area contributed by atoms with Gasteiger partial charge in [0.2, 0.25) is 0 Å². The van der Waals surface area contributed by atoms with E-state index in [1.807, 2.05) is 0 Å². The van der Waals surface area contributed by atoms with Gasteiger partial charge in [0.1, 0.15) is 0 Å². The van der Waals surface area contributed by atoms with Gasteiger partial charge >= 0.3 is 159 Å². The van der Waals surface area contributed by atoms with Crippen LogP contribution in [0.2, 0.25) is 0 Å². The van der Waals surface area contributed by atoms with Gasteiger partial charge in [-0.15, -0.1) is 0 Å². The van der Waals surface area contributed by atoms with E-state index in [0.717, 1.165) is 12.8 Å². The Kier molecular flexibility index (Phi) is 6.70. The second kappa shape index (κ2) is 9.20. The molecule has 0 aliphatic carbocycles. The van der Waals surface area contributed by atoms with Crippen molar-refractivity contribution in [1.82, 2.24) is 0 Å². The zero-order valence-electron chi connectivity index (χ0n) is 14.3. The predicted octanol–water partition coefficient (Wildman–Crippen LogP) is 5.60. The molecule has 0 saturated heterocycles. The van der Waals surface area contributed by atoms with Gasteiger partial charge < -0.3 is 0 Å². The molecule has 0 saturated carbocycles. The molecule has 0 unspecified atom stereocenters. The molecule has 0 amide bonds. The minimum atomic E-state index is -1.40. The van der Waals surface area contributed by atoms with Crippen LogP contribution in [0.1, 0.15) is 11.1 Å². The Hall–Kier alpha value is -1.59. The molecule has 3 aromatic carbocycles. The standard InChI is InChI=1S/C22H24NPSe/c25-24(23-22-14-8-3-9-15-22,18-16-20-10-4-1-5-11-20)19-17-21-12-6-2-7-13-21/h1-15H,16-19H2,(H,23,25). The first-order valence-corrected chi connectivity index (χ1v) is 13.1. The van der Waals surface area contributed by atoms with E-state index in [1.165, 1.54) is 29.1 Å². The first-order chi connectivity index (χ1) is 12.2. The average molecular weight is 412 g/mol. The van der Waals surface area contributed by atoms with Crippen molar-refractivity contribution in [2.24, 2.45) is 0 Å². The molecule has 0 aromatic heterocycles. The van der Waals surface area contributed by atoms with Crippen molar-refractivity contribution in [2.75, 3.05) is 17.4 Å². The fourth-order valence-electron chi connectivity index (χ4n) is 2.88. The van der Waals surface area contributed by atoms with E-state index < -0.39 is 5.66 Å². The number of anilines is 1. The van der Waals surface area contributed by atoms with Crippen molar-refractivity contribution in [3.8, 4) is 0 Å². The minimum absolute atomic E-state index is 1.11. The first kappa shape index (κ1) is 18.2. The fraction of sp³-hybridized carbons (Fsp3) is 0.182. The van der Waals surface area contributed by atoms with Crippen molar-refractivity contribution >= 4 is 26.4 Å². The number of nitrogens with one attached hydrogen (secondary N) is 1. The van der Waals surface area contributed by atoms with E-state index >= 15 is 0 Å². The summed E-state index contributed by atoms with van der Waals surface area (Å²) in [5.74, 6) is 0. The molecular weight excluding hydrogens is 388 g/mol. The molecular formula is C22H24NPSe. The molecule has 0 fully saturated rings. The molecule has 3 aromatic rings. The summed E-state index contributed by atoms with van der Waals surface area (Å²) in [7, 11) is 0. The third-order valence-corrected chi connectivity index (χ3v) is 9.75. The van der Waals surface area contributed by atoms with Crippen molar-refractivity contribution in [1.29, 1.82) is 0 Å². The van der Waals surface area contributed by atoms with Crippen LogP contribution in [0.3, 0.4) is 0 Å². The van der Waals surface area contributed by atoms with Gasteiger partial charge in [0.15, 0.2) is 0 Å². The van der Waals surface area contributed by atoms with Crippen LogP contribution in [0.4, 0.5) is 5.69 Å². The Balaban J connectivity index is 1.71. The van der Waals surface area contributed by atoms with Gasteiger partial charge in [-0.3, -0.25) is 0 Å². The summed E-state index contributed by atoms with van der Waals surface area (Å²) in [6.45, 7) is 0. The van der Waals surface area contributed by atoms with Crippen LogP contribution in [-0.4, -0.2) is 27.4 Å². The van der Waals surface area contributed by atoms with Gasteiger partial charge in [0.05, 0.1) is 0 Å². The van der Waals surface area contributed by atoms with E-state index in [1.54, 1.807) is 0 Å².